The van der Waals surface area contributed by atoms with Crippen LogP contribution in [-0.2, 0) is 6.54 Å². The lowest BCUT2D eigenvalue weighted by Gasteiger charge is -2.15. The maximum atomic E-state index is 12.0. The number of amides is 1. The van der Waals surface area contributed by atoms with Gasteiger partial charge in [-0.15, -0.1) is 0 Å². The number of hydrogen-bond acceptors (Lipinski definition) is 5. The van der Waals surface area contributed by atoms with Crippen LogP contribution < -0.4 is 10.2 Å². The summed E-state index contributed by atoms with van der Waals surface area (Å²) in [5.74, 6) is 0.338. The Morgan fingerprint density at radius 1 is 0.943 bits per heavy atom. The van der Waals surface area contributed by atoms with Crippen molar-refractivity contribution in [2.75, 3.05) is 6.61 Å². The molecule has 0 bridgehead atoms. The number of rotatable bonds is 8. The van der Waals surface area contributed by atoms with Crippen LogP contribution in [0, 0.1) is 0 Å². The molecule has 1 atom stereocenters. The molecule has 0 aliphatic heterocycles. The molecule has 3 aromatic carbocycles. The fourth-order valence-corrected chi connectivity index (χ4v) is 4.04. The van der Waals surface area contributed by atoms with E-state index < -0.39 is 6.10 Å². The Balaban J connectivity index is 1.18. The van der Waals surface area contributed by atoms with Crippen molar-refractivity contribution in [1.29, 1.82) is 0 Å². The molecule has 2 heterocycles. The summed E-state index contributed by atoms with van der Waals surface area (Å²) >= 11 is 0. The van der Waals surface area contributed by atoms with Crippen molar-refractivity contribution in [2.45, 2.75) is 12.6 Å². The summed E-state index contributed by atoms with van der Waals surface area (Å²) in [5.41, 5.74) is 5.96. The molecule has 0 fully saturated rings. The topological polar surface area (TPSA) is 88.7 Å². The molecule has 174 valence electrons. The van der Waals surface area contributed by atoms with Crippen LogP contribution in [0.25, 0.3) is 21.8 Å². The van der Waals surface area contributed by atoms with Crippen molar-refractivity contribution in [3.8, 4) is 5.75 Å². The van der Waals surface area contributed by atoms with Crippen molar-refractivity contribution in [1.82, 2.24) is 15.0 Å². The van der Waals surface area contributed by atoms with E-state index in [2.05, 4.69) is 44.3 Å². The van der Waals surface area contributed by atoms with E-state index in [0.29, 0.717) is 17.9 Å². The van der Waals surface area contributed by atoms with E-state index in [1.54, 1.807) is 42.9 Å². The molecular weight excluding hydrogens is 440 g/mol. The molecule has 5 rings (SSSR count). The highest BCUT2D eigenvalue weighted by molar-refractivity contribution is 6.07. The number of nitrogens with zero attached hydrogens (tertiary/aromatic N) is 3. The number of para-hydroxylation sites is 2. The average molecular weight is 465 g/mol. The van der Waals surface area contributed by atoms with Crippen LogP contribution in [0.15, 0.2) is 102 Å². The predicted octanol–water partition coefficient (Wildman–Crippen LogP) is 4.39. The number of nitrogens with one attached hydrogen (secondary N) is 1. The molecule has 0 aliphatic carbocycles. The van der Waals surface area contributed by atoms with E-state index in [1.165, 1.54) is 10.8 Å². The third kappa shape index (κ3) is 5.05. The minimum absolute atomic E-state index is 0.163. The van der Waals surface area contributed by atoms with Crippen molar-refractivity contribution >= 4 is 33.9 Å². The molecule has 1 unspecified atom stereocenters. The second kappa shape index (κ2) is 10.2. The highest BCUT2D eigenvalue weighted by Crippen LogP contribution is 2.28. The zero-order chi connectivity index (χ0) is 24.0. The quantitative estimate of drug-likeness (QED) is 0.263. The number of ether oxygens (including phenoxy) is 1. The molecular formula is C28H24N4O3. The van der Waals surface area contributed by atoms with Crippen LogP contribution >= 0.6 is 0 Å². The first-order valence-electron chi connectivity index (χ1n) is 11.3. The molecule has 1 amide bonds. The van der Waals surface area contributed by atoms with Crippen molar-refractivity contribution in [2.24, 2.45) is 5.10 Å². The van der Waals surface area contributed by atoms with E-state index in [4.69, 9.17) is 4.74 Å². The van der Waals surface area contributed by atoms with Crippen molar-refractivity contribution in [3.05, 3.63) is 108 Å². The maximum Gasteiger partial charge on any atom is 0.271 e. The Morgan fingerprint density at radius 2 is 1.57 bits per heavy atom. The van der Waals surface area contributed by atoms with Crippen LogP contribution in [0.5, 0.6) is 5.75 Å². The fourth-order valence-electron chi connectivity index (χ4n) is 4.04. The Kier molecular flexibility index (Phi) is 6.50. The monoisotopic (exact) mass is 464 g/mol. The molecule has 2 aromatic heterocycles. The third-order valence-corrected chi connectivity index (χ3v) is 5.72. The number of carbonyl (C=O) groups is 1. The van der Waals surface area contributed by atoms with Gasteiger partial charge in [-0.25, -0.2) is 5.43 Å². The minimum Gasteiger partial charge on any atom is -0.491 e. The second-order valence-corrected chi connectivity index (χ2v) is 8.11. The van der Waals surface area contributed by atoms with E-state index >= 15 is 0 Å². The van der Waals surface area contributed by atoms with Gasteiger partial charge in [-0.1, -0.05) is 36.4 Å². The first kappa shape index (κ1) is 22.3. The fraction of sp³-hybridized carbons (Fsp3) is 0.107. The van der Waals surface area contributed by atoms with Crippen LogP contribution in [0.1, 0.15) is 15.9 Å². The number of aliphatic hydroxyl groups is 1. The molecule has 7 heteroatoms. The molecule has 35 heavy (non-hydrogen) atoms. The number of aliphatic hydroxyl groups excluding tert-OH is 1. The van der Waals surface area contributed by atoms with Gasteiger partial charge in [-0.05, 0) is 54.1 Å². The van der Waals surface area contributed by atoms with Gasteiger partial charge in [0.2, 0.25) is 0 Å². The third-order valence-electron chi connectivity index (χ3n) is 5.72. The molecule has 0 saturated heterocycles. The highest BCUT2D eigenvalue weighted by Gasteiger charge is 2.14. The largest absolute Gasteiger partial charge is 0.491 e. The summed E-state index contributed by atoms with van der Waals surface area (Å²) in [6.07, 6.45) is 3.98. The first-order valence-corrected chi connectivity index (χ1v) is 11.3. The molecule has 5 aromatic rings. The van der Waals surface area contributed by atoms with E-state index in [0.717, 1.165) is 16.6 Å². The van der Waals surface area contributed by atoms with Gasteiger partial charge in [-0.3, -0.25) is 9.78 Å². The molecule has 0 spiro atoms. The summed E-state index contributed by atoms with van der Waals surface area (Å²) in [6, 6.07) is 26.9. The Hall–Kier alpha value is -4.49. The average Bonchev–Trinajstić information content (AvgIpc) is 3.22. The number of fused-ring (bicyclic) bond motifs is 3. The number of pyridine rings is 1. The Bertz CT molecular complexity index is 1420. The van der Waals surface area contributed by atoms with E-state index in [9.17, 15) is 9.90 Å². The summed E-state index contributed by atoms with van der Waals surface area (Å²) in [4.78, 5) is 15.9. The SMILES string of the molecule is O=C(N/N=C/c1ccc(OCC(O)Cn2c3ccccc3c3ccccc32)cc1)c1ccncc1. The van der Waals surface area contributed by atoms with Gasteiger partial charge >= 0.3 is 0 Å². The van der Waals surface area contributed by atoms with Crippen molar-refractivity contribution < 1.29 is 14.6 Å². The number of hydrazone groups is 1. The molecule has 0 aliphatic rings. The van der Waals surface area contributed by atoms with Crippen LogP contribution in [-0.4, -0.2) is 39.5 Å². The number of carbonyl (C=O) groups excluding carboxylic acids is 1. The Labute approximate surface area is 202 Å². The standard InChI is InChI=1S/C28H24N4O3/c33-22(18-32-26-7-3-1-5-24(26)25-6-2-4-8-27(25)32)19-35-23-11-9-20(10-12-23)17-30-31-28(34)21-13-15-29-16-14-21/h1-17,22,33H,18-19H2,(H,31,34)/b30-17+. The zero-order valence-electron chi connectivity index (χ0n) is 18.9. The lowest BCUT2D eigenvalue weighted by atomic mass is 10.2. The summed E-state index contributed by atoms with van der Waals surface area (Å²) in [7, 11) is 0. The molecule has 2 N–H and O–H groups in total. The van der Waals surface area contributed by atoms with Crippen molar-refractivity contribution in [3.63, 3.8) is 0 Å². The van der Waals surface area contributed by atoms with Crippen LogP contribution in [0.2, 0.25) is 0 Å². The van der Waals surface area contributed by atoms with Crippen LogP contribution in [0.4, 0.5) is 0 Å². The lowest BCUT2D eigenvalue weighted by molar-refractivity contribution is 0.0944. The summed E-state index contributed by atoms with van der Waals surface area (Å²) in [5, 5.41) is 17.0. The van der Waals surface area contributed by atoms with Gasteiger partial charge in [0.15, 0.2) is 0 Å². The Morgan fingerprint density at radius 3 is 2.23 bits per heavy atom. The second-order valence-electron chi connectivity index (χ2n) is 8.11. The summed E-state index contributed by atoms with van der Waals surface area (Å²) in [6.45, 7) is 0.589. The molecule has 0 saturated carbocycles. The molecule has 7 nitrogen and oxygen atoms in total. The number of aromatic nitrogens is 2. The minimum atomic E-state index is -0.682. The first-order chi connectivity index (χ1) is 17.2. The molecule has 0 radical (unpaired) electrons. The van der Waals surface area contributed by atoms with Gasteiger partial charge in [0.05, 0.1) is 12.8 Å². The smallest absolute Gasteiger partial charge is 0.271 e. The van der Waals surface area contributed by atoms with Gasteiger partial charge in [0, 0.05) is 39.8 Å². The maximum absolute atomic E-state index is 12.0. The highest BCUT2D eigenvalue weighted by atomic mass is 16.5. The number of benzene rings is 3. The summed E-state index contributed by atoms with van der Waals surface area (Å²) < 4.78 is 7.95. The predicted molar refractivity (Wildman–Crippen MR) is 137 cm³/mol. The van der Waals surface area contributed by atoms with Gasteiger partial charge in [0.25, 0.3) is 5.91 Å². The van der Waals surface area contributed by atoms with E-state index in [-0.39, 0.29) is 12.5 Å². The zero-order valence-corrected chi connectivity index (χ0v) is 18.9. The van der Waals surface area contributed by atoms with Crippen LogP contribution in [0.3, 0.4) is 0 Å². The normalized spacial score (nSPS) is 12.3. The van der Waals surface area contributed by atoms with E-state index in [1.807, 2.05) is 36.4 Å². The lowest BCUT2D eigenvalue weighted by Crippen LogP contribution is -2.23. The van der Waals surface area contributed by atoms with Gasteiger partial charge in [0.1, 0.15) is 18.5 Å². The van der Waals surface area contributed by atoms with Gasteiger partial charge in [-0.2, -0.15) is 5.10 Å². The number of hydrogen-bond donors (Lipinski definition) is 2. The van der Waals surface area contributed by atoms with Gasteiger partial charge < -0.3 is 14.4 Å².